The number of carbonyl (C=O) groups is 2. The van der Waals surface area contributed by atoms with Gasteiger partial charge in [0.25, 0.3) is 5.91 Å². The van der Waals surface area contributed by atoms with Crippen molar-refractivity contribution in [3.05, 3.63) is 77.0 Å². The minimum Gasteiger partial charge on any atom is -0.451 e. The predicted octanol–water partition coefficient (Wildman–Crippen LogP) is 3.95. The monoisotopic (exact) mass is 472 g/mol. The van der Waals surface area contributed by atoms with Crippen molar-refractivity contribution in [2.24, 2.45) is 0 Å². The number of hydrogen-bond donors (Lipinski definition) is 0. The molecule has 0 aliphatic carbocycles. The Morgan fingerprint density at radius 1 is 0.938 bits per heavy atom. The van der Waals surface area contributed by atoms with E-state index in [-0.39, 0.29) is 48.5 Å². The van der Waals surface area contributed by atoms with E-state index in [9.17, 15) is 18.0 Å². The Morgan fingerprint density at radius 3 is 2.34 bits per heavy atom. The maximum absolute atomic E-state index is 13.0. The lowest BCUT2D eigenvalue weighted by Crippen LogP contribution is -2.50. The van der Waals surface area contributed by atoms with Crippen LogP contribution in [0.15, 0.2) is 70.0 Å². The first-order valence-corrected chi connectivity index (χ1v) is 11.8. The summed E-state index contributed by atoms with van der Waals surface area (Å²) in [7, 11) is -3.76. The second-order valence-electron chi connectivity index (χ2n) is 7.42. The number of furan rings is 1. The average Bonchev–Trinajstić information content (AvgIpc) is 3.29. The quantitative estimate of drug-likeness (QED) is 0.525. The molecule has 0 saturated carbocycles. The Bertz CT molecular complexity index is 1280. The molecule has 7 nitrogen and oxygen atoms in total. The predicted molar refractivity (Wildman–Crippen MR) is 120 cm³/mol. The van der Waals surface area contributed by atoms with Crippen LogP contribution in [0.5, 0.6) is 0 Å². The first-order chi connectivity index (χ1) is 15.3. The van der Waals surface area contributed by atoms with Gasteiger partial charge in [-0.1, -0.05) is 35.9 Å². The molecule has 4 rings (SSSR count). The highest BCUT2D eigenvalue weighted by atomic mass is 35.5. The van der Waals surface area contributed by atoms with E-state index in [0.717, 1.165) is 0 Å². The van der Waals surface area contributed by atoms with Crippen molar-refractivity contribution in [3.63, 3.8) is 0 Å². The van der Waals surface area contributed by atoms with Gasteiger partial charge in [-0.2, -0.15) is 4.31 Å². The molecule has 0 unspecified atom stereocenters. The SMILES string of the molecule is CC(=O)c1cccc(S(=O)(=O)N2CCN(C(=O)c3ccc(-c4ccccc4Cl)o3)CC2)c1. The van der Waals surface area contributed by atoms with Gasteiger partial charge in [-0.3, -0.25) is 9.59 Å². The number of amides is 1. The first kappa shape index (κ1) is 22.3. The third kappa shape index (κ3) is 4.34. The van der Waals surface area contributed by atoms with Gasteiger partial charge in [0.1, 0.15) is 5.76 Å². The highest BCUT2D eigenvalue weighted by Gasteiger charge is 2.31. The molecule has 1 amide bonds. The van der Waals surface area contributed by atoms with Crippen LogP contribution in [0.1, 0.15) is 27.8 Å². The van der Waals surface area contributed by atoms with E-state index < -0.39 is 10.0 Å². The van der Waals surface area contributed by atoms with Gasteiger partial charge in [-0.25, -0.2) is 8.42 Å². The Balaban J connectivity index is 1.45. The molecule has 2 heterocycles. The molecule has 2 aromatic carbocycles. The Hall–Kier alpha value is -2.94. The summed E-state index contributed by atoms with van der Waals surface area (Å²) in [6.07, 6.45) is 0. The molecule has 166 valence electrons. The summed E-state index contributed by atoms with van der Waals surface area (Å²) >= 11 is 6.20. The summed E-state index contributed by atoms with van der Waals surface area (Å²) < 4.78 is 33.0. The summed E-state index contributed by atoms with van der Waals surface area (Å²) in [5, 5.41) is 0.522. The molecular weight excluding hydrogens is 452 g/mol. The van der Waals surface area contributed by atoms with Gasteiger partial charge in [0.05, 0.1) is 9.92 Å². The van der Waals surface area contributed by atoms with Crippen molar-refractivity contribution in [2.75, 3.05) is 26.2 Å². The van der Waals surface area contributed by atoms with Crippen LogP contribution in [0.3, 0.4) is 0 Å². The Kier molecular flexibility index (Phi) is 6.19. The first-order valence-electron chi connectivity index (χ1n) is 10.0. The number of carbonyl (C=O) groups excluding carboxylic acids is 2. The van der Waals surface area contributed by atoms with Crippen molar-refractivity contribution in [1.82, 2.24) is 9.21 Å². The van der Waals surface area contributed by atoms with Crippen molar-refractivity contribution in [3.8, 4) is 11.3 Å². The summed E-state index contributed by atoms with van der Waals surface area (Å²) in [5.41, 5.74) is 1.03. The number of benzene rings is 2. The van der Waals surface area contributed by atoms with Gasteiger partial charge in [-0.15, -0.1) is 0 Å². The van der Waals surface area contributed by atoms with Gasteiger partial charge in [0.15, 0.2) is 11.5 Å². The fraction of sp³-hybridized carbons (Fsp3) is 0.217. The molecule has 1 fully saturated rings. The molecule has 1 saturated heterocycles. The maximum atomic E-state index is 13.0. The number of piperazine rings is 1. The topological polar surface area (TPSA) is 87.9 Å². The highest BCUT2D eigenvalue weighted by Crippen LogP contribution is 2.29. The smallest absolute Gasteiger partial charge is 0.289 e. The number of Topliss-reactive ketones (excluding diaryl/α,β-unsaturated/α-hetero) is 1. The van der Waals surface area contributed by atoms with Crippen LogP contribution in [0.2, 0.25) is 5.02 Å². The van der Waals surface area contributed by atoms with Gasteiger partial charge in [0, 0.05) is 37.3 Å². The molecular formula is C23H21ClN2O5S. The number of ketones is 1. The Labute approximate surface area is 191 Å². The van der Waals surface area contributed by atoms with E-state index in [1.165, 1.54) is 23.4 Å². The molecule has 0 radical (unpaired) electrons. The van der Waals surface area contributed by atoms with Crippen LogP contribution >= 0.6 is 11.6 Å². The maximum Gasteiger partial charge on any atom is 0.289 e. The summed E-state index contributed by atoms with van der Waals surface area (Å²) in [6.45, 7) is 2.15. The number of sulfonamides is 1. The van der Waals surface area contributed by atoms with Gasteiger partial charge >= 0.3 is 0 Å². The van der Waals surface area contributed by atoms with Crippen LogP contribution in [0, 0.1) is 0 Å². The molecule has 0 atom stereocenters. The zero-order valence-corrected chi connectivity index (χ0v) is 18.9. The molecule has 0 N–H and O–H groups in total. The third-order valence-corrected chi connectivity index (χ3v) is 7.58. The van der Waals surface area contributed by atoms with E-state index in [1.54, 1.807) is 41.3 Å². The molecule has 0 bridgehead atoms. The molecule has 0 spiro atoms. The fourth-order valence-corrected chi connectivity index (χ4v) is 5.27. The largest absolute Gasteiger partial charge is 0.451 e. The Morgan fingerprint density at radius 2 is 1.66 bits per heavy atom. The minimum absolute atomic E-state index is 0.0698. The number of rotatable bonds is 5. The zero-order chi connectivity index (χ0) is 22.9. The lowest BCUT2D eigenvalue weighted by molar-refractivity contribution is 0.0666. The molecule has 3 aromatic rings. The second-order valence-corrected chi connectivity index (χ2v) is 9.77. The van der Waals surface area contributed by atoms with Crippen LogP contribution in [-0.4, -0.2) is 55.5 Å². The van der Waals surface area contributed by atoms with Gasteiger partial charge in [-0.05, 0) is 43.3 Å². The zero-order valence-electron chi connectivity index (χ0n) is 17.3. The highest BCUT2D eigenvalue weighted by molar-refractivity contribution is 7.89. The van der Waals surface area contributed by atoms with E-state index in [2.05, 4.69) is 0 Å². The average molecular weight is 473 g/mol. The summed E-state index contributed by atoms with van der Waals surface area (Å²) in [6, 6.07) is 16.5. The van der Waals surface area contributed by atoms with Crippen molar-refractivity contribution in [1.29, 1.82) is 0 Å². The minimum atomic E-state index is -3.76. The van der Waals surface area contributed by atoms with Crippen LogP contribution in [0.25, 0.3) is 11.3 Å². The second kappa shape index (κ2) is 8.90. The standard InChI is InChI=1S/C23H21ClN2O5S/c1-16(27)17-5-4-6-18(15-17)32(29,30)26-13-11-25(12-14-26)23(28)22-10-9-21(31-22)19-7-2-3-8-20(19)24/h2-10,15H,11-14H2,1H3. The lowest BCUT2D eigenvalue weighted by atomic mass is 10.2. The van der Waals surface area contributed by atoms with Crippen molar-refractivity contribution in [2.45, 2.75) is 11.8 Å². The molecule has 1 aromatic heterocycles. The van der Waals surface area contributed by atoms with Crippen LogP contribution in [-0.2, 0) is 10.0 Å². The van der Waals surface area contributed by atoms with Crippen molar-refractivity contribution >= 4 is 33.3 Å². The molecule has 1 aliphatic heterocycles. The van der Waals surface area contributed by atoms with Crippen molar-refractivity contribution < 1.29 is 22.4 Å². The van der Waals surface area contributed by atoms with Crippen LogP contribution in [0.4, 0.5) is 0 Å². The number of nitrogens with zero attached hydrogens (tertiary/aromatic N) is 2. The molecule has 9 heteroatoms. The van der Waals surface area contributed by atoms with E-state index in [0.29, 0.717) is 21.9 Å². The number of hydrogen-bond acceptors (Lipinski definition) is 5. The van der Waals surface area contributed by atoms with Crippen LogP contribution < -0.4 is 0 Å². The fourth-order valence-electron chi connectivity index (χ4n) is 3.57. The normalized spacial score (nSPS) is 15.0. The molecule has 1 aliphatic rings. The lowest BCUT2D eigenvalue weighted by Gasteiger charge is -2.33. The van der Waals surface area contributed by atoms with Gasteiger partial charge < -0.3 is 9.32 Å². The van der Waals surface area contributed by atoms with Gasteiger partial charge in [0.2, 0.25) is 10.0 Å². The van der Waals surface area contributed by atoms with E-state index in [1.807, 2.05) is 12.1 Å². The summed E-state index contributed by atoms with van der Waals surface area (Å²) in [5.74, 6) is 0.155. The third-order valence-electron chi connectivity index (χ3n) is 5.36. The molecule has 32 heavy (non-hydrogen) atoms. The van der Waals surface area contributed by atoms with E-state index >= 15 is 0 Å². The summed E-state index contributed by atoms with van der Waals surface area (Å²) in [4.78, 5) is 26.1. The number of halogens is 1. The van der Waals surface area contributed by atoms with E-state index in [4.69, 9.17) is 16.0 Å².